The molecule has 27 heavy (non-hydrogen) atoms. The number of aliphatic hydroxyl groups is 1. The van der Waals surface area contributed by atoms with E-state index in [0.717, 1.165) is 28.1 Å². The highest BCUT2D eigenvalue weighted by molar-refractivity contribution is 6.31. The van der Waals surface area contributed by atoms with E-state index in [9.17, 15) is 10.4 Å². The topological polar surface area (TPSA) is 72.7 Å². The molecule has 0 atom stereocenters. The quantitative estimate of drug-likeness (QED) is 0.717. The Balaban J connectivity index is 2.09. The van der Waals surface area contributed by atoms with Crippen LogP contribution >= 0.6 is 11.6 Å². The SMILES string of the molecule is Cc1c(C#N)c(-c2ccc(C#N)cc2)c(C)n1Cc1ccc(Cl)c(CO)c1. The summed E-state index contributed by atoms with van der Waals surface area (Å²) in [7, 11) is 0. The number of hydrogen-bond donors (Lipinski definition) is 1. The monoisotopic (exact) mass is 375 g/mol. The van der Waals surface area contributed by atoms with Crippen LogP contribution in [0.4, 0.5) is 0 Å². The molecule has 5 heteroatoms. The van der Waals surface area contributed by atoms with Crippen LogP contribution in [0.2, 0.25) is 5.02 Å². The van der Waals surface area contributed by atoms with Gasteiger partial charge in [0, 0.05) is 28.5 Å². The number of nitriles is 2. The second kappa shape index (κ2) is 7.68. The van der Waals surface area contributed by atoms with Crippen molar-refractivity contribution in [3.8, 4) is 23.3 Å². The van der Waals surface area contributed by atoms with Crippen LogP contribution in [0.25, 0.3) is 11.1 Å². The molecule has 0 aliphatic heterocycles. The predicted octanol–water partition coefficient (Wildman–Crippen LogP) is 4.71. The summed E-state index contributed by atoms with van der Waals surface area (Å²) in [5.41, 5.74) is 6.57. The molecule has 0 amide bonds. The maximum atomic E-state index is 9.72. The maximum absolute atomic E-state index is 9.72. The zero-order valence-electron chi connectivity index (χ0n) is 15.1. The van der Waals surface area contributed by atoms with Crippen molar-refractivity contribution in [3.63, 3.8) is 0 Å². The molecule has 4 nitrogen and oxygen atoms in total. The minimum absolute atomic E-state index is 0.115. The normalized spacial score (nSPS) is 10.4. The molecule has 134 valence electrons. The van der Waals surface area contributed by atoms with Gasteiger partial charge in [0.15, 0.2) is 0 Å². The Morgan fingerprint density at radius 1 is 1.00 bits per heavy atom. The lowest BCUT2D eigenvalue weighted by Crippen LogP contribution is -2.05. The third kappa shape index (κ3) is 3.46. The van der Waals surface area contributed by atoms with E-state index in [1.807, 2.05) is 38.1 Å². The predicted molar refractivity (Wildman–Crippen MR) is 105 cm³/mol. The zero-order chi connectivity index (χ0) is 19.6. The van der Waals surface area contributed by atoms with Gasteiger partial charge in [0.2, 0.25) is 0 Å². The van der Waals surface area contributed by atoms with Gasteiger partial charge in [-0.05, 0) is 48.7 Å². The molecule has 0 radical (unpaired) electrons. The molecular formula is C22H18ClN3O. The maximum Gasteiger partial charge on any atom is 0.102 e. The Bertz CT molecular complexity index is 1080. The minimum atomic E-state index is -0.115. The number of hydrogen-bond acceptors (Lipinski definition) is 3. The van der Waals surface area contributed by atoms with Gasteiger partial charge in [0.25, 0.3) is 0 Å². The van der Waals surface area contributed by atoms with E-state index in [-0.39, 0.29) is 6.61 Å². The first-order valence-electron chi connectivity index (χ1n) is 8.48. The van der Waals surface area contributed by atoms with Crippen LogP contribution in [0.1, 0.15) is 33.6 Å². The van der Waals surface area contributed by atoms with Crippen molar-refractivity contribution in [2.24, 2.45) is 0 Å². The van der Waals surface area contributed by atoms with E-state index in [0.29, 0.717) is 28.3 Å². The van der Waals surface area contributed by atoms with E-state index in [2.05, 4.69) is 16.7 Å². The molecule has 0 aliphatic rings. The number of nitrogens with zero attached hydrogens (tertiary/aromatic N) is 3. The van der Waals surface area contributed by atoms with E-state index in [1.165, 1.54) is 0 Å². The fraction of sp³-hybridized carbons (Fsp3) is 0.182. The lowest BCUT2D eigenvalue weighted by atomic mass is 10.0. The third-order valence-electron chi connectivity index (χ3n) is 4.82. The van der Waals surface area contributed by atoms with Gasteiger partial charge in [-0.1, -0.05) is 35.9 Å². The van der Waals surface area contributed by atoms with Gasteiger partial charge in [0.1, 0.15) is 6.07 Å². The highest BCUT2D eigenvalue weighted by Crippen LogP contribution is 2.33. The first-order valence-corrected chi connectivity index (χ1v) is 8.86. The van der Waals surface area contributed by atoms with Crippen LogP contribution in [0.5, 0.6) is 0 Å². The van der Waals surface area contributed by atoms with Crippen molar-refractivity contribution in [1.29, 1.82) is 10.5 Å². The van der Waals surface area contributed by atoms with Crippen molar-refractivity contribution in [2.45, 2.75) is 27.0 Å². The largest absolute Gasteiger partial charge is 0.392 e. The Labute approximate surface area is 163 Å². The Hall–Kier alpha value is -3.05. The number of aromatic nitrogens is 1. The molecule has 0 spiro atoms. The number of aliphatic hydroxyl groups excluding tert-OH is 1. The molecule has 0 fully saturated rings. The molecule has 1 heterocycles. The van der Waals surface area contributed by atoms with Gasteiger partial charge in [-0.3, -0.25) is 0 Å². The van der Waals surface area contributed by atoms with Gasteiger partial charge >= 0.3 is 0 Å². The summed E-state index contributed by atoms with van der Waals surface area (Å²) >= 11 is 6.09. The molecule has 3 rings (SSSR count). The molecule has 0 bridgehead atoms. The lowest BCUT2D eigenvalue weighted by Gasteiger charge is -2.12. The highest BCUT2D eigenvalue weighted by Gasteiger charge is 2.19. The average molecular weight is 376 g/mol. The van der Waals surface area contributed by atoms with Crippen LogP contribution in [-0.2, 0) is 13.2 Å². The van der Waals surface area contributed by atoms with Crippen molar-refractivity contribution < 1.29 is 5.11 Å². The minimum Gasteiger partial charge on any atom is -0.392 e. The number of rotatable bonds is 4. The molecule has 3 aromatic rings. The van der Waals surface area contributed by atoms with Crippen LogP contribution in [-0.4, -0.2) is 9.67 Å². The zero-order valence-corrected chi connectivity index (χ0v) is 15.9. The van der Waals surface area contributed by atoms with Crippen LogP contribution < -0.4 is 0 Å². The number of benzene rings is 2. The van der Waals surface area contributed by atoms with Crippen LogP contribution in [0.3, 0.4) is 0 Å². The molecule has 1 aromatic heterocycles. The molecule has 0 unspecified atom stereocenters. The first kappa shape index (κ1) is 18.7. The molecule has 0 saturated heterocycles. The fourth-order valence-electron chi connectivity index (χ4n) is 3.35. The summed E-state index contributed by atoms with van der Waals surface area (Å²) in [6.07, 6.45) is 0. The average Bonchev–Trinajstić information content (AvgIpc) is 2.93. The smallest absolute Gasteiger partial charge is 0.102 e. The fourth-order valence-corrected chi connectivity index (χ4v) is 3.53. The van der Waals surface area contributed by atoms with Crippen molar-refractivity contribution >= 4 is 11.6 Å². The van der Waals surface area contributed by atoms with Gasteiger partial charge in [-0.2, -0.15) is 10.5 Å². The van der Waals surface area contributed by atoms with Crippen molar-refractivity contribution in [2.75, 3.05) is 0 Å². The summed E-state index contributed by atoms with van der Waals surface area (Å²) in [4.78, 5) is 0. The molecule has 1 N–H and O–H groups in total. The summed E-state index contributed by atoms with van der Waals surface area (Å²) in [6.45, 7) is 4.38. The molecule has 0 saturated carbocycles. The summed E-state index contributed by atoms with van der Waals surface area (Å²) in [5, 5.41) is 28.7. The van der Waals surface area contributed by atoms with Crippen molar-refractivity contribution in [3.05, 3.63) is 81.1 Å². The van der Waals surface area contributed by atoms with Gasteiger partial charge in [-0.15, -0.1) is 0 Å². The van der Waals surface area contributed by atoms with E-state index in [1.54, 1.807) is 18.2 Å². The van der Waals surface area contributed by atoms with E-state index in [4.69, 9.17) is 16.9 Å². The second-order valence-corrected chi connectivity index (χ2v) is 6.80. The van der Waals surface area contributed by atoms with Crippen LogP contribution in [0, 0.1) is 36.5 Å². The number of halogens is 1. The second-order valence-electron chi connectivity index (χ2n) is 6.39. The summed E-state index contributed by atoms with van der Waals surface area (Å²) < 4.78 is 2.09. The van der Waals surface area contributed by atoms with Crippen molar-refractivity contribution in [1.82, 2.24) is 4.57 Å². The molecular weight excluding hydrogens is 358 g/mol. The Morgan fingerprint density at radius 2 is 1.70 bits per heavy atom. The Kier molecular flexibility index (Phi) is 5.33. The third-order valence-corrected chi connectivity index (χ3v) is 5.19. The van der Waals surface area contributed by atoms with Gasteiger partial charge in [-0.25, -0.2) is 0 Å². The van der Waals surface area contributed by atoms with Gasteiger partial charge < -0.3 is 9.67 Å². The molecule has 0 aliphatic carbocycles. The van der Waals surface area contributed by atoms with Crippen LogP contribution in [0.15, 0.2) is 42.5 Å². The van der Waals surface area contributed by atoms with E-state index >= 15 is 0 Å². The van der Waals surface area contributed by atoms with Gasteiger partial charge in [0.05, 0.1) is 23.8 Å². The highest BCUT2D eigenvalue weighted by atomic mass is 35.5. The standard InChI is InChI=1S/C22H18ClN3O/c1-14-20(11-25)22(18-6-3-16(10-24)4-7-18)15(2)26(14)12-17-5-8-21(23)19(9-17)13-27/h3-9,27H,12-13H2,1-2H3. The summed E-state index contributed by atoms with van der Waals surface area (Å²) in [5.74, 6) is 0. The molecule has 2 aromatic carbocycles. The first-order chi connectivity index (χ1) is 13.0. The Morgan fingerprint density at radius 3 is 2.30 bits per heavy atom. The summed E-state index contributed by atoms with van der Waals surface area (Å²) in [6, 6.07) is 17.3. The van der Waals surface area contributed by atoms with E-state index < -0.39 is 0 Å². The lowest BCUT2D eigenvalue weighted by molar-refractivity contribution is 0.282.